The molecule has 1 aliphatic rings. The summed E-state index contributed by atoms with van der Waals surface area (Å²) in [6, 6.07) is 12.7. The first kappa shape index (κ1) is 23.0. The molecule has 8 heteroatoms. The number of carbonyl (C=O) groups excluding carboxylic acids is 3. The Balaban J connectivity index is 1.41. The predicted octanol–water partition coefficient (Wildman–Crippen LogP) is 3.01. The highest BCUT2D eigenvalue weighted by Crippen LogP contribution is 2.19. The molecule has 0 spiro atoms. The van der Waals surface area contributed by atoms with Crippen molar-refractivity contribution in [3.8, 4) is 0 Å². The van der Waals surface area contributed by atoms with Crippen LogP contribution in [-0.2, 0) is 14.3 Å². The highest BCUT2D eigenvalue weighted by Gasteiger charge is 2.23. The molecule has 2 aromatic rings. The predicted molar refractivity (Wildman–Crippen MR) is 122 cm³/mol. The van der Waals surface area contributed by atoms with Crippen molar-refractivity contribution in [3.63, 3.8) is 0 Å². The quantitative estimate of drug-likeness (QED) is 0.633. The van der Waals surface area contributed by atoms with Crippen molar-refractivity contribution >= 4 is 39.4 Å². The fourth-order valence-electron chi connectivity index (χ4n) is 3.44. The third-order valence-corrected chi connectivity index (χ3v) is 5.77. The SMILES string of the molecule is Cc1cccc(C)c1NC(=O)CN1CCN(C(=O)COC(=O)c2ccc(Br)cc2)CC1. The molecule has 1 heterocycles. The van der Waals surface area contributed by atoms with Gasteiger partial charge in [0.05, 0.1) is 12.1 Å². The van der Waals surface area contributed by atoms with Gasteiger partial charge in [-0.3, -0.25) is 14.5 Å². The Hall–Kier alpha value is -2.71. The summed E-state index contributed by atoms with van der Waals surface area (Å²) < 4.78 is 6.00. The summed E-state index contributed by atoms with van der Waals surface area (Å²) >= 11 is 3.31. The first-order valence-electron chi connectivity index (χ1n) is 10.1. The number of ether oxygens (including phenoxy) is 1. The molecule has 1 aliphatic heterocycles. The average Bonchev–Trinajstić information content (AvgIpc) is 2.75. The van der Waals surface area contributed by atoms with E-state index in [4.69, 9.17) is 4.74 Å². The van der Waals surface area contributed by atoms with E-state index < -0.39 is 5.97 Å². The number of benzene rings is 2. The average molecular weight is 488 g/mol. The topological polar surface area (TPSA) is 79.0 Å². The Labute approximate surface area is 190 Å². The summed E-state index contributed by atoms with van der Waals surface area (Å²) in [4.78, 5) is 40.5. The zero-order valence-corrected chi connectivity index (χ0v) is 19.3. The number of esters is 1. The fraction of sp³-hybridized carbons (Fsp3) is 0.348. The highest BCUT2D eigenvalue weighted by atomic mass is 79.9. The van der Waals surface area contributed by atoms with Crippen LogP contribution in [0.25, 0.3) is 0 Å². The van der Waals surface area contributed by atoms with Crippen molar-refractivity contribution in [1.82, 2.24) is 9.80 Å². The molecule has 0 aliphatic carbocycles. The standard InChI is InChI=1S/C23H26BrN3O4/c1-16-4-3-5-17(2)22(16)25-20(28)14-26-10-12-27(13-11-26)21(29)15-31-23(30)18-6-8-19(24)9-7-18/h3-9H,10-15H2,1-2H3,(H,25,28). The second kappa shape index (κ2) is 10.5. The number of para-hydroxylation sites is 1. The van der Waals surface area contributed by atoms with Crippen molar-refractivity contribution in [2.24, 2.45) is 0 Å². The number of piperazine rings is 1. The largest absolute Gasteiger partial charge is 0.452 e. The smallest absolute Gasteiger partial charge is 0.338 e. The number of nitrogens with zero attached hydrogens (tertiary/aromatic N) is 2. The Morgan fingerprint density at radius 3 is 2.19 bits per heavy atom. The number of halogens is 1. The molecule has 164 valence electrons. The lowest BCUT2D eigenvalue weighted by Gasteiger charge is -2.34. The number of hydrogen-bond acceptors (Lipinski definition) is 5. The van der Waals surface area contributed by atoms with Gasteiger partial charge in [-0.05, 0) is 49.2 Å². The van der Waals surface area contributed by atoms with E-state index in [1.165, 1.54) is 0 Å². The van der Waals surface area contributed by atoms with Crippen molar-refractivity contribution in [1.29, 1.82) is 0 Å². The van der Waals surface area contributed by atoms with Crippen molar-refractivity contribution < 1.29 is 19.1 Å². The van der Waals surface area contributed by atoms with Gasteiger partial charge >= 0.3 is 5.97 Å². The number of aryl methyl sites for hydroxylation is 2. The van der Waals surface area contributed by atoms with E-state index in [9.17, 15) is 14.4 Å². The lowest BCUT2D eigenvalue weighted by molar-refractivity contribution is -0.136. The van der Waals surface area contributed by atoms with Crippen LogP contribution in [0.4, 0.5) is 5.69 Å². The van der Waals surface area contributed by atoms with Crippen LogP contribution in [0.3, 0.4) is 0 Å². The van der Waals surface area contributed by atoms with Crippen LogP contribution >= 0.6 is 15.9 Å². The third-order valence-electron chi connectivity index (χ3n) is 5.24. The molecule has 2 amide bonds. The summed E-state index contributed by atoms with van der Waals surface area (Å²) in [5.41, 5.74) is 3.31. The summed E-state index contributed by atoms with van der Waals surface area (Å²) in [7, 11) is 0. The molecule has 1 N–H and O–H groups in total. The summed E-state index contributed by atoms with van der Waals surface area (Å²) in [5, 5.41) is 2.99. The van der Waals surface area contributed by atoms with Crippen LogP contribution in [0, 0.1) is 13.8 Å². The first-order valence-corrected chi connectivity index (χ1v) is 10.9. The lowest BCUT2D eigenvalue weighted by atomic mass is 10.1. The van der Waals surface area contributed by atoms with E-state index in [2.05, 4.69) is 21.2 Å². The zero-order valence-electron chi connectivity index (χ0n) is 17.7. The summed E-state index contributed by atoms with van der Waals surface area (Å²) in [6.07, 6.45) is 0. The Kier molecular flexibility index (Phi) is 7.81. The molecule has 3 rings (SSSR count). The van der Waals surface area contributed by atoms with Gasteiger partial charge < -0.3 is 15.0 Å². The number of hydrogen-bond donors (Lipinski definition) is 1. The van der Waals surface area contributed by atoms with E-state index in [0.29, 0.717) is 31.7 Å². The molecule has 31 heavy (non-hydrogen) atoms. The maximum Gasteiger partial charge on any atom is 0.338 e. The molecule has 1 saturated heterocycles. The van der Waals surface area contributed by atoms with Crippen molar-refractivity contribution in [2.45, 2.75) is 13.8 Å². The Bertz CT molecular complexity index is 934. The molecule has 0 saturated carbocycles. The van der Waals surface area contributed by atoms with Gasteiger partial charge in [-0.15, -0.1) is 0 Å². The molecule has 1 fully saturated rings. The maximum absolute atomic E-state index is 12.4. The maximum atomic E-state index is 12.4. The molecule has 0 unspecified atom stereocenters. The third kappa shape index (κ3) is 6.38. The molecular formula is C23H26BrN3O4. The fourth-order valence-corrected chi connectivity index (χ4v) is 3.70. The Morgan fingerprint density at radius 1 is 0.968 bits per heavy atom. The molecule has 2 aromatic carbocycles. The van der Waals surface area contributed by atoms with Crippen LogP contribution in [0.15, 0.2) is 46.9 Å². The van der Waals surface area contributed by atoms with Gasteiger partial charge in [0.2, 0.25) is 5.91 Å². The monoisotopic (exact) mass is 487 g/mol. The molecule has 0 bridgehead atoms. The van der Waals surface area contributed by atoms with Gasteiger partial charge in [-0.2, -0.15) is 0 Å². The van der Waals surface area contributed by atoms with Crippen LogP contribution in [-0.4, -0.2) is 66.9 Å². The highest BCUT2D eigenvalue weighted by molar-refractivity contribution is 9.10. The van der Waals surface area contributed by atoms with E-state index in [-0.39, 0.29) is 25.0 Å². The number of nitrogens with one attached hydrogen (secondary N) is 1. The summed E-state index contributed by atoms with van der Waals surface area (Å²) in [6.45, 7) is 6.08. The van der Waals surface area contributed by atoms with E-state index in [1.54, 1.807) is 29.2 Å². The van der Waals surface area contributed by atoms with Gasteiger partial charge in [-0.1, -0.05) is 34.1 Å². The van der Waals surface area contributed by atoms with Crippen molar-refractivity contribution in [3.05, 3.63) is 63.6 Å². The minimum atomic E-state index is -0.525. The Morgan fingerprint density at radius 2 is 1.58 bits per heavy atom. The number of rotatable bonds is 6. The van der Waals surface area contributed by atoms with Gasteiger partial charge in [0.1, 0.15) is 0 Å². The van der Waals surface area contributed by atoms with Crippen LogP contribution in [0.2, 0.25) is 0 Å². The van der Waals surface area contributed by atoms with Crippen LogP contribution in [0.5, 0.6) is 0 Å². The molecule has 0 aromatic heterocycles. The van der Waals surface area contributed by atoms with E-state index in [0.717, 1.165) is 21.3 Å². The zero-order chi connectivity index (χ0) is 22.4. The summed E-state index contributed by atoms with van der Waals surface area (Å²) in [5.74, 6) is -0.826. The van der Waals surface area contributed by atoms with Crippen LogP contribution in [0.1, 0.15) is 21.5 Å². The van der Waals surface area contributed by atoms with Gasteiger partial charge in [0.15, 0.2) is 6.61 Å². The number of anilines is 1. The molecule has 0 radical (unpaired) electrons. The lowest BCUT2D eigenvalue weighted by Crippen LogP contribution is -2.51. The normalized spacial score (nSPS) is 14.2. The van der Waals surface area contributed by atoms with Crippen LogP contribution < -0.4 is 5.32 Å². The minimum absolute atomic E-state index is 0.0689. The van der Waals surface area contributed by atoms with E-state index >= 15 is 0 Å². The second-order valence-electron chi connectivity index (χ2n) is 7.55. The molecular weight excluding hydrogens is 462 g/mol. The second-order valence-corrected chi connectivity index (χ2v) is 8.47. The van der Waals surface area contributed by atoms with Gasteiger partial charge in [0, 0.05) is 36.3 Å². The van der Waals surface area contributed by atoms with Crippen molar-refractivity contribution in [2.75, 3.05) is 44.6 Å². The van der Waals surface area contributed by atoms with Gasteiger partial charge in [0.25, 0.3) is 5.91 Å². The molecule has 7 nitrogen and oxygen atoms in total. The number of carbonyl (C=O) groups is 3. The molecule has 0 atom stereocenters. The number of amides is 2. The first-order chi connectivity index (χ1) is 14.8. The minimum Gasteiger partial charge on any atom is -0.452 e. The van der Waals surface area contributed by atoms with Gasteiger partial charge in [-0.25, -0.2) is 4.79 Å². The van der Waals surface area contributed by atoms with E-state index in [1.807, 2.05) is 36.9 Å².